The fraction of sp³-hybridized carbons (Fsp3) is 0.529. The van der Waals surface area contributed by atoms with Gasteiger partial charge in [0.1, 0.15) is 5.75 Å². The summed E-state index contributed by atoms with van der Waals surface area (Å²) in [4.78, 5) is 24.3. The normalized spacial score (nSPS) is 17.1. The summed E-state index contributed by atoms with van der Waals surface area (Å²) in [6, 6.07) is 7.74. The van der Waals surface area contributed by atoms with E-state index >= 15 is 0 Å². The molecule has 1 unspecified atom stereocenters. The second-order valence-corrected chi connectivity index (χ2v) is 5.87. The molecule has 1 heterocycles. The minimum atomic E-state index is -0.825. The van der Waals surface area contributed by atoms with Crippen molar-refractivity contribution in [2.24, 2.45) is 5.92 Å². The maximum atomic E-state index is 11.9. The molecule has 6 heteroatoms. The van der Waals surface area contributed by atoms with Crippen LogP contribution in [0, 0.1) is 12.8 Å². The summed E-state index contributed by atoms with van der Waals surface area (Å²) in [6.45, 7) is 4.04. The van der Waals surface area contributed by atoms with Crippen molar-refractivity contribution >= 4 is 12.0 Å². The van der Waals surface area contributed by atoms with E-state index in [1.165, 1.54) is 5.56 Å². The molecule has 0 radical (unpaired) electrons. The number of carboxylic acid groups (broad SMARTS) is 1. The average Bonchev–Trinajstić information content (AvgIpc) is 3.02. The number of carboxylic acids is 1. The van der Waals surface area contributed by atoms with Crippen molar-refractivity contribution in [3.05, 3.63) is 29.8 Å². The highest BCUT2D eigenvalue weighted by atomic mass is 16.5. The quantitative estimate of drug-likeness (QED) is 0.755. The predicted octanol–water partition coefficient (Wildman–Crippen LogP) is 2.27. The highest BCUT2D eigenvalue weighted by Gasteiger charge is 2.30. The van der Waals surface area contributed by atoms with Gasteiger partial charge in [-0.3, -0.25) is 4.79 Å². The van der Waals surface area contributed by atoms with Gasteiger partial charge in [0.25, 0.3) is 0 Å². The molecule has 0 saturated carbocycles. The van der Waals surface area contributed by atoms with Crippen LogP contribution in [0.2, 0.25) is 0 Å². The Hall–Kier alpha value is -2.24. The number of benzene rings is 1. The van der Waals surface area contributed by atoms with Crippen molar-refractivity contribution in [3.63, 3.8) is 0 Å². The Morgan fingerprint density at radius 1 is 1.30 bits per heavy atom. The fourth-order valence-electron chi connectivity index (χ4n) is 2.51. The summed E-state index contributed by atoms with van der Waals surface area (Å²) >= 11 is 0. The summed E-state index contributed by atoms with van der Waals surface area (Å²) in [5, 5.41) is 11.8. The Morgan fingerprint density at radius 2 is 2.04 bits per heavy atom. The fourth-order valence-corrected chi connectivity index (χ4v) is 2.51. The molecule has 1 aromatic carbocycles. The molecule has 2 N–H and O–H groups in total. The van der Waals surface area contributed by atoms with Gasteiger partial charge in [-0.05, 0) is 38.3 Å². The first-order chi connectivity index (χ1) is 11.1. The zero-order valence-corrected chi connectivity index (χ0v) is 13.5. The van der Waals surface area contributed by atoms with Crippen LogP contribution in [0.3, 0.4) is 0 Å². The highest BCUT2D eigenvalue weighted by Crippen LogP contribution is 2.16. The summed E-state index contributed by atoms with van der Waals surface area (Å²) in [5.74, 6) is -0.395. The van der Waals surface area contributed by atoms with E-state index in [9.17, 15) is 9.59 Å². The molecule has 2 amide bonds. The molecule has 126 valence electrons. The molecule has 6 nitrogen and oxygen atoms in total. The maximum Gasteiger partial charge on any atom is 0.317 e. The number of aliphatic carboxylic acids is 1. The Labute approximate surface area is 136 Å². The number of nitrogens with one attached hydrogen (secondary N) is 1. The van der Waals surface area contributed by atoms with E-state index < -0.39 is 11.9 Å². The molecule has 1 aliphatic heterocycles. The van der Waals surface area contributed by atoms with Gasteiger partial charge in [0, 0.05) is 19.6 Å². The molecule has 0 spiro atoms. The molecule has 1 aromatic rings. The van der Waals surface area contributed by atoms with Crippen LogP contribution in [0.1, 0.15) is 24.8 Å². The largest absolute Gasteiger partial charge is 0.494 e. The number of carbonyl (C=O) groups is 2. The minimum Gasteiger partial charge on any atom is -0.494 e. The lowest BCUT2D eigenvalue weighted by molar-refractivity contribution is -0.141. The van der Waals surface area contributed by atoms with Crippen LogP contribution in [0.4, 0.5) is 4.79 Å². The predicted molar refractivity (Wildman–Crippen MR) is 86.6 cm³/mol. The van der Waals surface area contributed by atoms with Crippen molar-refractivity contribution in [3.8, 4) is 5.75 Å². The van der Waals surface area contributed by atoms with Crippen molar-refractivity contribution < 1.29 is 19.4 Å². The summed E-state index contributed by atoms with van der Waals surface area (Å²) in [7, 11) is 0. The zero-order chi connectivity index (χ0) is 16.7. The summed E-state index contributed by atoms with van der Waals surface area (Å²) in [5.41, 5.74) is 1.20. The number of aryl methyl sites for hydroxylation is 1. The van der Waals surface area contributed by atoms with Crippen molar-refractivity contribution in [1.82, 2.24) is 10.2 Å². The molecule has 0 aromatic heterocycles. The molecule has 23 heavy (non-hydrogen) atoms. The molecule has 1 fully saturated rings. The van der Waals surface area contributed by atoms with Gasteiger partial charge in [0.05, 0.1) is 12.5 Å². The lowest BCUT2D eigenvalue weighted by Crippen LogP contribution is -2.39. The number of amides is 2. The smallest absolute Gasteiger partial charge is 0.317 e. The number of rotatable bonds is 7. The first-order valence-electron chi connectivity index (χ1n) is 8.01. The van der Waals surface area contributed by atoms with Gasteiger partial charge < -0.3 is 20.1 Å². The molecule has 1 saturated heterocycles. The molecule has 0 bridgehead atoms. The molecule has 1 atom stereocenters. The van der Waals surface area contributed by atoms with Crippen molar-refractivity contribution in [1.29, 1.82) is 0 Å². The lowest BCUT2D eigenvalue weighted by Gasteiger charge is -2.16. The van der Waals surface area contributed by atoms with Gasteiger partial charge in [-0.25, -0.2) is 4.79 Å². The Balaban J connectivity index is 1.54. The number of unbranched alkanes of at least 4 members (excludes halogenated alkanes) is 1. The minimum absolute atomic E-state index is 0.173. The first-order valence-corrected chi connectivity index (χ1v) is 8.01. The van der Waals surface area contributed by atoms with Crippen LogP contribution < -0.4 is 10.1 Å². The molecule has 1 aliphatic rings. The Kier molecular flexibility index (Phi) is 6.26. The number of carbonyl (C=O) groups excluding carboxylic acids is 1. The van der Waals surface area contributed by atoms with Gasteiger partial charge in [0.2, 0.25) is 0 Å². The number of hydrogen-bond acceptors (Lipinski definition) is 3. The van der Waals surface area contributed by atoms with Gasteiger partial charge in [-0.1, -0.05) is 17.7 Å². The summed E-state index contributed by atoms with van der Waals surface area (Å²) < 4.78 is 5.62. The Morgan fingerprint density at radius 3 is 2.70 bits per heavy atom. The van der Waals surface area contributed by atoms with E-state index in [1.54, 1.807) is 4.90 Å². The van der Waals surface area contributed by atoms with Crippen molar-refractivity contribution in [2.75, 3.05) is 26.2 Å². The lowest BCUT2D eigenvalue weighted by atomic mass is 10.1. The third-order valence-corrected chi connectivity index (χ3v) is 3.96. The van der Waals surface area contributed by atoms with Gasteiger partial charge in [0.15, 0.2) is 0 Å². The topological polar surface area (TPSA) is 78.9 Å². The van der Waals surface area contributed by atoms with E-state index in [0.717, 1.165) is 18.6 Å². The number of likely N-dealkylation sites (tertiary alicyclic amines) is 1. The van der Waals surface area contributed by atoms with E-state index in [4.69, 9.17) is 9.84 Å². The zero-order valence-electron chi connectivity index (χ0n) is 13.5. The van der Waals surface area contributed by atoms with E-state index in [2.05, 4.69) is 5.32 Å². The van der Waals surface area contributed by atoms with Crippen LogP contribution in [-0.4, -0.2) is 48.2 Å². The van der Waals surface area contributed by atoms with E-state index in [1.807, 2.05) is 31.2 Å². The van der Waals surface area contributed by atoms with Crippen LogP contribution in [-0.2, 0) is 4.79 Å². The third kappa shape index (κ3) is 5.47. The molecular weight excluding hydrogens is 296 g/mol. The van der Waals surface area contributed by atoms with Gasteiger partial charge in [-0.15, -0.1) is 0 Å². The SMILES string of the molecule is Cc1ccc(OCCCCNC(=O)N2CCC(C(=O)O)C2)cc1. The van der Waals surface area contributed by atoms with Crippen LogP contribution in [0.15, 0.2) is 24.3 Å². The van der Waals surface area contributed by atoms with E-state index in [0.29, 0.717) is 32.7 Å². The number of urea groups is 1. The standard InChI is InChI=1S/C17H24N2O4/c1-13-4-6-15(7-5-13)23-11-3-2-9-18-17(22)19-10-8-14(12-19)16(20)21/h4-7,14H,2-3,8-12H2,1H3,(H,18,22)(H,20,21). The third-order valence-electron chi connectivity index (χ3n) is 3.96. The maximum absolute atomic E-state index is 11.9. The first kappa shape index (κ1) is 17.1. The molecular formula is C17H24N2O4. The monoisotopic (exact) mass is 320 g/mol. The van der Waals surface area contributed by atoms with Crippen LogP contribution in [0.5, 0.6) is 5.75 Å². The van der Waals surface area contributed by atoms with E-state index in [-0.39, 0.29) is 6.03 Å². The van der Waals surface area contributed by atoms with Gasteiger partial charge >= 0.3 is 12.0 Å². The second kappa shape index (κ2) is 8.41. The number of nitrogens with zero attached hydrogens (tertiary/aromatic N) is 1. The Bertz CT molecular complexity index is 530. The number of ether oxygens (including phenoxy) is 1. The number of hydrogen-bond donors (Lipinski definition) is 2. The van der Waals surface area contributed by atoms with Gasteiger partial charge in [-0.2, -0.15) is 0 Å². The van der Waals surface area contributed by atoms with Crippen molar-refractivity contribution in [2.45, 2.75) is 26.2 Å². The van der Waals surface area contributed by atoms with Crippen LogP contribution in [0.25, 0.3) is 0 Å². The van der Waals surface area contributed by atoms with Crippen LogP contribution >= 0.6 is 0 Å². The highest BCUT2D eigenvalue weighted by molar-refractivity contribution is 5.77. The summed E-state index contributed by atoms with van der Waals surface area (Å²) in [6.07, 6.45) is 2.22. The molecule has 0 aliphatic carbocycles. The molecule has 2 rings (SSSR count). The average molecular weight is 320 g/mol. The second-order valence-electron chi connectivity index (χ2n) is 5.87.